The van der Waals surface area contributed by atoms with Crippen molar-refractivity contribution in [3.63, 3.8) is 0 Å². The summed E-state index contributed by atoms with van der Waals surface area (Å²) in [5, 5.41) is 9.58. The highest BCUT2D eigenvalue weighted by molar-refractivity contribution is 6.56. The topological polar surface area (TPSA) is 43.8 Å². The molecule has 1 aromatic carbocycles. The highest BCUT2D eigenvalue weighted by atomic mass is 16.3. The SMILES string of the molecule is [B]C(=O)N1CCN(Cc2ccccc2)C[C@@H]1CC(C)O. The molecule has 0 spiro atoms. The number of nitrogens with zero attached hydrogens (tertiary/aromatic N) is 2. The Bertz CT molecular complexity index is 439. The first-order valence-electron chi connectivity index (χ1n) is 7.06. The van der Waals surface area contributed by atoms with Crippen LogP contribution in [-0.4, -0.2) is 60.3 Å². The lowest BCUT2D eigenvalue weighted by molar-refractivity contribution is 0.0665. The maximum atomic E-state index is 11.5. The van der Waals surface area contributed by atoms with E-state index in [0.717, 1.165) is 19.6 Å². The average Bonchev–Trinajstić information content (AvgIpc) is 2.39. The Morgan fingerprint density at radius 1 is 1.40 bits per heavy atom. The van der Waals surface area contributed by atoms with Crippen LogP contribution in [0.15, 0.2) is 30.3 Å². The van der Waals surface area contributed by atoms with Crippen LogP contribution in [0.3, 0.4) is 0 Å². The summed E-state index contributed by atoms with van der Waals surface area (Å²) in [5.41, 5.74) is 1.26. The van der Waals surface area contributed by atoms with Gasteiger partial charge in [-0.3, -0.25) is 9.69 Å². The number of carbonyl (C=O) groups excluding carboxylic acids is 1. The highest BCUT2D eigenvalue weighted by Crippen LogP contribution is 2.17. The van der Waals surface area contributed by atoms with E-state index in [-0.39, 0.29) is 6.04 Å². The minimum Gasteiger partial charge on any atom is -0.393 e. The summed E-state index contributed by atoms with van der Waals surface area (Å²) in [6, 6.07) is 10.3. The molecule has 1 fully saturated rings. The lowest BCUT2D eigenvalue weighted by atomic mass is 9.99. The third kappa shape index (κ3) is 4.08. The summed E-state index contributed by atoms with van der Waals surface area (Å²) in [7, 11) is 5.42. The van der Waals surface area contributed by atoms with Gasteiger partial charge in [0, 0.05) is 32.2 Å². The number of aliphatic hydroxyl groups is 1. The average molecular weight is 272 g/mol. The van der Waals surface area contributed by atoms with Gasteiger partial charge in [0.2, 0.25) is 7.85 Å². The van der Waals surface area contributed by atoms with Crippen molar-refractivity contribution in [1.29, 1.82) is 0 Å². The fourth-order valence-corrected chi connectivity index (χ4v) is 2.79. The molecule has 0 aliphatic carbocycles. The van der Waals surface area contributed by atoms with Gasteiger partial charge in [-0.05, 0) is 18.9 Å². The minimum absolute atomic E-state index is 0.00929. The molecular weight excluding hydrogens is 251 g/mol. The van der Waals surface area contributed by atoms with Crippen molar-refractivity contribution in [2.75, 3.05) is 19.6 Å². The zero-order valence-corrected chi connectivity index (χ0v) is 11.9. The molecule has 0 bridgehead atoms. The lowest BCUT2D eigenvalue weighted by Crippen LogP contribution is -2.55. The van der Waals surface area contributed by atoms with E-state index in [1.165, 1.54) is 5.56 Å². The van der Waals surface area contributed by atoms with E-state index in [4.69, 9.17) is 7.85 Å². The van der Waals surface area contributed by atoms with Crippen molar-refractivity contribution in [2.45, 2.75) is 32.0 Å². The summed E-state index contributed by atoms with van der Waals surface area (Å²) in [4.78, 5) is 15.4. The maximum absolute atomic E-state index is 11.5. The minimum atomic E-state index is -0.432. The number of carbonyl (C=O) groups is 1. The Kier molecular flexibility index (Phi) is 5.20. The van der Waals surface area contributed by atoms with Gasteiger partial charge < -0.3 is 10.0 Å². The molecule has 1 aliphatic rings. The second kappa shape index (κ2) is 6.91. The smallest absolute Gasteiger partial charge is 0.200 e. The number of benzene rings is 1. The first kappa shape index (κ1) is 15.1. The normalized spacial score (nSPS) is 21.7. The van der Waals surface area contributed by atoms with E-state index in [1.807, 2.05) is 18.2 Å². The predicted octanol–water partition coefficient (Wildman–Crippen LogP) is 1.23. The monoisotopic (exact) mass is 272 g/mol. The van der Waals surface area contributed by atoms with Crippen LogP contribution in [0.1, 0.15) is 18.9 Å². The van der Waals surface area contributed by atoms with Crippen LogP contribution in [0.25, 0.3) is 0 Å². The van der Waals surface area contributed by atoms with Crippen LogP contribution >= 0.6 is 0 Å². The van der Waals surface area contributed by atoms with Gasteiger partial charge in [-0.1, -0.05) is 30.3 Å². The van der Waals surface area contributed by atoms with Crippen molar-refractivity contribution < 1.29 is 9.90 Å². The molecular formula is C15H21BN2O2. The van der Waals surface area contributed by atoms with E-state index in [0.29, 0.717) is 13.0 Å². The van der Waals surface area contributed by atoms with Gasteiger partial charge >= 0.3 is 0 Å². The van der Waals surface area contributed by atoms with E-state index >= 15 is 0 Å². The number of piperazine rings is 1. The first-order chi connectivity index (χ1) is 9.56. The molecule has 1 aromatic rings. The Labute approximate surface area is 121 Å². The summed E-state index contributed by atoms with van der Waals surface area (Å²) in [6.45, 7) is 4.80. The molecule has 2 atom stereocenters. The largest absolute Gasteiger partial charge is 0.393 e. The molecule has 1 heterocycles. The fraction of sp³-hybridized carbons (Fsp3) is 0.533. The molecule has 1 aliphatic heterocycles. The van der Waals surface area contributed by atoms with Crippen molar-refractivity contribution in [2.24, 2.45) is 0 Å². The number of amides is 1. The molecule has 106 valence electrons. The molecule has 0 saturated carbocycles. The van der Waals surface area contributed by atoms with Crippen molar-refractivity contribution in [3.05, 3.63) is 35.9 Å². The van der Waals surface area contributed by atoms with Crippen LogP contribution in [0, 0.1) is 0 Å². The van der Waals surface area contributed by atoms with Crippen LogP contribution in [0.2, 0.25) is 0 Å². The highest BCUT2D eigenvalue weighted by Gasteiger charge is 2.28. The Balaban J connectivity index is 1.99. The molecule has 1 saturated heterocycles. The van der Waals surface area contributed by atoms with Crippen LogP contribution in [0.4, 0.5) is 4.79 Å². The molecule has 20 heavy (non-hydrogen) atoms. The standard InChI is InChI=1S/C15H21BN2O2/c1-12(19)9-14-11-17(7-8-18(14)15(16)20)10-13-5-3-2-4-6-13/h2-6,12,14,19H,7-11H2,1H3/t12?,14-/m0/s1. The molecule has 0 aromatic heterocycles. The Hall–Kier alpha value is -1.33. The van der Waals surface area contributed by atoms with Crippen molar-refractivity contribution in [1.82, 2.24) is 9.80 Å². The summed E-state index contributed by atoms with van der Waals surface area (Å²) in [5.74, 6) is -0.394. The van der Waals surface area contributed by atoms with Crippen LogP contribution in [-0.2, 0) is 6.54 Å². The summed E-state index contributed by atoms with van der Waals surface area (Å²) >= 11 is 0. The number of hydrogen-bond acceptors (Lipinski definition) is 3. The van der Waals surface area contributed by atoms with Gasteiger partial charge in [-0.15, -0.1) is 0 Å². The summed E-state index contributed by atoms with van der Waals surface area (Å²) < 4.78 is 0. The number of hydrogen-bond donors (Lipinski definition) is 1. The van der Waals surface area contributed by atoms with E-state index < -0.39 is 11.9 Å². The van der Waals surface area contributed by atoms with E-state index in [9.17, 15) is 9.90 Å². The molecule has 4 nitrogen and oxygen atoms in total. The zero-order chi connectivity index (χ0) is 14.5. The molecule has 1 N–H and O–H groups in total. The molecule has 2 rings (SSSR count). The number of rotatable bonds is 4. The van der Waals surface area contributed by atoms with Crippen LogP contribution < -0.4 is 0 Å². The van der Waals surface area contributed by atoms with Gasteiger partial charge in [-0.2, -0.15) is 0 Å². The lowest BCUT2D eigenvalue weighted by Gasteiger charge is -2.42. The van der Waals surface area contributed by atoms with Crippen molar-refractivity contribution in [3.8, 4) is 0 Å². The van der Waals surface area contributed by atoms with Crippen molar-refractivity contribution >= 4 is 13.7 Å². The van der Waals surface area contributed by atoms with Gasteiger partial charge in [0.1, 0.15) is 0 Å². The van der Waals surface area contributed by atoms with Crippen LogP contribution in [0.5, 0.6) is 0 Å². The van der Waals surface area contributed by atoms with Gasteiger partial charge in [0.05, 0.1) is 6.10 Å². The second-order valence-electron chi connectivity index (χ2n) is 5.49. The number of aliphatic hydroxyl groups excluding tert-OH is 1. The summed E-state index contributed by atoms with van der Waals surface area (Å²) in [6.07, 6.45) is 0.132. The third-order valence-electron chi connectivity index (χ3n) is 3.71. The Morgan fingerprint density at radius 3 is 2.70 bits per heavy atom. The second-order valence-corrected chi connectivity index (χ2v) is 5.49. The predicted molar refractivity (Wildman–Crippen MR) is 79.7 cm³/mol. The van der Waals surface area contributed by atoms with Gasteiger partial charge in [-0.25, -0.2) is 0 Å². The van der Waals surface area contributed by atoms with E-state index in [1.54, 1.807) is 11.8 Å². The van der Waals surface area contributed by atoms with Gasteiger partial charge in [0.25, 0.3) is 0 Å². The molecule has 1 unspecified atom stereocenters. The maximum Gasteiger partial charge on any atom is 0.200 e. The molecule has 2 radical (unpaired) electrons. The van der Waals surface area contributed by atoms with Gasteiger partial charge in [0.15, 0.2) is 5.81 Å². The van der Waals surface area contributed by atoms with E-state index in [2.05, 4.69) is 17.0 Å². The Morgan fingerprint density at radius 2 is 2.10 bits per heavy atom. The fourth-order valence-electron chi connectivity index (χ4n) is 2.79. The quantitative estimate of drug-likeness (QED) is 0.838. The zero-order valence-electron chi connectivity index (χ0n) is 11.9. The first-order valence-corrected chi connectivity index (χ1v) is 7.06. The third-order valence-corrected chi connectivity index (χ3v) is 3.71. The molecule has 1 amide bonds. The molecule has 5 heteroatoms.